The second kappa shape index (κ2) is 6.09. The van der Waals surface area contributed by atoms with Gasteiger partial charge in [0.1, 0.15) is 17.6 Å². The summed E-state index contributed by atoms with van der Waals surface area (Å²) in [5.41, 5.74) is 0. The Morgan fingerprint density at radius 2 is 2.00 bits per heavy atom. The van der Waals surface area contributed by atoms with Gasteiger partial charge in [-0.25, -0.2) is 9.18 Å². The summed E-state index contributed by atoms with van der Waals surface area (Å²) in [6.45, 7) is 1.45. The topological polar surface area (TPSA) is 87.1 Å². The molecular weight excluding hydrogens is 281 g/mol. The highest BCUT2D eigenvalue weighted by Crippen LogP contribution is 2.21. The predicted molar refractivity (Wildman–Crippen MR) is 70.3 cm³/mol. The molecule has 1 unspecified atom stereocenters. The molecule has 0 spiro atoms. The lowest BCUT2D eigenvalue weighted by atomic mass is 10.2. The Morgan fingerprint density at radius 1 is 1.38 bits per heavy atom. The first kappa shape index (κ1) is 15.2. The molecule has 21 heavy (non-hydrogen) atoms. The van der Waals surface area contributed by atoms with Crippen LogP contribution in [0.4, 0.5) is 4.39 Å². The smallest absolute Gasteiger partial charge is 0.326 e. The summed E-state index contributed by atoms with van der Waals surface area (Å²) in [6, 6.07) is 4.12. The van der Waals surface area contributed by atoms with Gasteiger partial charge in [0.25, 0.3) is 5.91 Å². The van der Waals surface area contributed by atoms with Crippen LogP contribution >= 0.6 is 0 Å². The Kier molecular flexibility index (Phi) is 4.42. The van der Waals surface area contributed by atoms with Crippen LogP contribution in [0.15, 0.2) is 24.3 Å². The van der Waals surface area contributed by atoms with E-state index in [4.69, 9.17) is 9.84 Å². The number of aliphatic hydroxyl groups is 1. The zero-order valence-electron chi connectivity index (χ0n) is 11.4. The maximum atomic E-state index is 12.8. The Labute approximate surface area is 120 Å². The van der Waals surface area contributed by atoms with Gasteiger partial charge in [0, 0.05) is 13.0 Å². The molecule has 1 heterocycles. The third-order valence-electron chi connectivity index (χ3n) is 3.32. The van der Waals surface area contributed by atoms with Gasteiger partial charge in [-0.05, 0) is 31.2 Å². The molecule has 0 radical (unpaired) electrons. The lowest BCUT2D eigenvalue weighted by Crippen LogP contribution is -2.46. The van der Waals surface area contributed by atoms with Gasteiger partial charge >= 0.3 is 5.97 Å². The maximum absolute atomic E-state index is 12.8. The SMILES string of the molecule is CC(Oc1ccc(F)cc1)C(=O)N1C[C@H](O)C[C@@H]1C(=O)O. The molecule has 1 aromatic carbocycles. The van der Waals surface area contributed by atoms with Gasteiger partial charge in [0.05, 0.1) is 6.10 Å². The molecule has 0 saturated carbocycles. The van der Waals surface area contributed by atoms with E-state index in [0.717, 1.165) is 4.90 Å². The number of carbonyl (C=O) groups excluding carboxylic acids is 1. The van der Waals surface area contributed by atoms with Crippen molar-refractivity contribution in [3.63, 3.8) is 0 Å². The summed E-state index contributed by atoms with van der Waals surface area (Å²) in [4.78, 5) is 24.4. The van der Waals surface area contributed by atoms with Crippen molar-refractivity contribution in [3.8, 4) is 5.75 Å². The first-order valence-electron chi connectivity index (χ1n) is 6.52. The average molecular weight is 297 g/mol. The van der Waals surface area contributed by atoms with E-state index in [9.17, 15) is 19.1 Å². The van der Waals surface area contributed by atoms with Crippen LogP contribution < -0.4 is 4.74 Å². The summed E-state index contributed by atoms with van der Waals surface area (Å²) >= 11 is 0. The summed E-state index contributed by atoms with van der Waals surface area (Å²) < 4.78 is 18.2. The maximum Gasteiger partial charge on any atom is 0.326 e. The van der Waals surface area contributed by atoms with Crippen LogP contribution in [-0.4, -0.2) is 51.8 Å². The standard InChI is InChI=1S/C14H16FNO5/c1-8(21-11-4-2-9(15)3-5-11)13(18)16-7-10(17)6-12(16)14(19)20/h2-5,8,10,12,17H,6-7H2,1H3,(H,19,20)/t8?,10-,12-/m1/s1. The fraction of sp³-hybridized carbons (Fsp3) is 0.429. The van der Waals surface area contributed by atoms with Gasteiger partial charge < -0.3 is 19.8 Å². The van der Waals surface area contributed by atoms with E-state index in [0.29, 0.717) is 5.75 Å². The molecule has 1 aliphatic heterocycles. The number of halogens is 1. The van der Waals surface area contributed by atoms with E-state index >= 15 is 0 Å². The zero-order valence-corrected chi connectivity index (χ0v) is 11.4. The average Bonchev–Trinajstić information content (AvgIpc) is 2.82. The number of β-amino-alcohol motifs (C(OH)–C–C–N with tert-alkyl or cyclic N) is 1. The summed E-state index contributed by atoms with van der Waals surface area (Å²) in [5, 5.41) is 18.6. The Balaban J connectivity index is 2.04. The molecule has 1 saturated heterocycles. The minimum atomic E-state index is -1.16. The third-order valence-corrected chi connectivity index (χ3v) is 3.32. The number of amides is 1. The van der Waals surface area contributed by atoms with Crippen LogP contribution in [0, 0.1) is 5.82 Å². The number of aliphatic carboxylic acids is 1. The summed E-state index contributed by atoms with van der Waals surface area (Å²) in [5.74, 6) is -1.80. The van der Waals surface area contributed by atoms with Gasteiger partial charge in [-0.15, -0.1) is 0 Å². The number of carboxylic acid groups (broad SMARTS) is 1. The number of ether oxygens (including phenoxy) is 1. The van der Waals surface area contributed by atoms with Crippen molar-refractivity contribution < 1.29 is 28.9 Å². The Hall–Kier alpha value is -2.15. The summed E-state index contributed by atoms with van der Waals surface area (Å²) in [7, 11) is 0. The van der Waals surface area contributed by atoms with Gasteiger partial charge in [-0.1, -0.05) is 0 Å². The van der Waals surface area contributed by atoms with E-state index in [1.165, 1.54) is 31.2 Å². The number of carboxylic acids is 1. The highest BCUT2D eigenvalue weighted by Gasteiger charge is 2.40. The first-order valence-corrected chi connectivity index (χ1v) is 6.52. The number of aliphatic hydroxyl groups excluding tert-OH is 1. The van der Waals surface area contributed by atoms with Crippen molar-refractivity contribution in [2.45, 2.75) is 31.6 Å². The van der Waals surface area contributed by atoms with Crippen molar-refractivity contribution in [2.75, 3.05) is 6.54 Å². The highest BCUT2D eigenvalue weighted by atomic mass is 19.1. The Morgan fingerprint density at radius 3 is 2.57 bits per heavy atom. The van der Waals surface area contributed by atoms with Crippen molar-refractivity contribution >= 4 is 11.9 Å². The molecule has 2 rings (SSSR count). The molecule has 1 amide bonds. The zero-order chi connectivity index (χ0) is 15.6. The summed E-state index contributed by atoms with van der Waals surface area (Å²) in [6.07, 6.45) is -1.78. The van der Waals surface area contributed by atoms with Crippen LogP contribution in [0.2, 0.25) is 0 Å². The molecule has 7 heteroatoms. The fourth-order valence-electron chi connectivity index (χ4n) is 2.29. The van der Waals surface area contributed by atoms with Crippen molar-refractivity contribution in [2.24, 2.45) is 0 Å². The van der Waals surface area contributed by atoms with Crippen LogP contribution in [0.25, 0.3) is 0 Å². The van der Waals surface area contributed by atoms with Crippen LogP contribution in [0.5, 0.6) is 5.75 Å². The molecule has 1 aliphatic rings. The number of benzene rings is 1. The van der Waals surface area contributed by atoms with Crippen molar-refractivity contribution in [1.29, 1.82) is 0 Å². The van der Waals surface area contributed by atoms with Crippen molar-refractivity contribution in [3.05, 3.63) is 30.1 Å². The van der Waals surface area contributed by atoms with Crippen LogP contribution in [0.3, 0.4) is 0 Å². The van der Waals surface area contributed by atoms with E-state index in [-0.39, 0.29) is 13.0 Å². The minimum absolute atomic E-state index is 0.00431. The van der Waals surface area contributed by atoms with Crippen LogP contribution in [0.1, 0.15) is 13.3 Å². The van der Waals surface area contributed by atoms with Crippen molar-refractivity contribution in [1.82, 2.24) is 4.90 Å². The number of nitrogens with zero attached hydrogens (tertiary/aromatic N) is 1. The minimum Gasteiger partial charge on any atom is -0.481 e. The van der Waals surface area contributed by atoms with Gasteiger partial charge in [-0.3, -0.25) is 4.79 Å². The number of hydrogen-bond donors (Lipinski definition) is 2. The quantitative estimate of drug-likeness (QED) is 0.851. The molecule has 1 aromatic rings. The first-order chi connectivity index (χ1) is 9.88. The molecular formula is C14H16FNO5. The number of rotatable bonds is 4. The third kappa shape index (κ3) is 3.49. The van der Waals surface area contributed by atoms with E-state index in [1.54, 1.807) is 0 Å². The molecule has 114 valence electrons. The highest BCUT2D eigenvalue weighted by molar-refractivity contribution is 5.87. The molecule has 0 aliphatic carbocycles. The molecule has 2 N–H and O–H groups in total. The monoisotopic (exact) mass is 297 g/mol. The van der Waals surface area contributed by atoms with Gasteiger partial charge in [-0.2, -0.15) is 0 Å². The molecule has 0 aromatic heterocycles. The van der Waals surface area contributed by atoms with E-state index in [2.05, 4.69) is 0 Å². The largest absolute Gasteiger partial charge is 0.481 e. The van der Waals surface area contributed by atoms with Gasteiger partial charge in [0.2, 0.25) is 0 Å². The number of carbonyl (C=O) groups is 2. The lowest BCUT2D eigenvalue weighted by Gasteiger charge is -2.25. The van der Waals surface area contributed by atoms with Gasteiger partial charge in [0.15, 0.2) is 6.10 Å². The van der Waals surface area contributed by atoms with E-state index in [1.807, 2.05) is 0 Å². The Bertz CT molecular complexity index is 533. The molecule has 0 bridgehead atoms. The lowest BCUT2D eigenvalue weighted by molar-refractivity contribution is -0.150. The number of hydrogen-bond acceptors (Lipinski definition) is 4. The molecule has 3 atom stereocenters. The normalized spacial score (nSPS) is 22.9. The second-order valence-corrected chi connectivity index (χ2v) is 4.95. The van der Waals surface area contributed by atoms with Crippen LogP contribution in [-0.2, 0) is 9.59 Å². The molecule has 1 fully saturated rings. The second-order valence-electron chi connectivity index (χ2n) is 4.95. The number of likely N-dealkylation sites (tertiary alicyclic amines) is 1. The van der Waals surface area contributed by atoms with E-state index < -0.39 is 35.9 Å². The molecule has 6 nitrogen and oxygen atoms in total. The fourth-order valence-corrected chi connectivity index (χ4v) is 2.29. The predicted octanol–water partition coefficient (Wildman–Crippen LogP) is 0.639.